The third-order valence-corrected chi connectivity index (χ3v) is 2.81. The maximum Gasteiger partial charge on any atom is 0.188 e. The normalized spacial score (nSPS) is 11.0. The van der Waals surface area contributed by atoms with Crippen LogP contribution in [-0.4, -0.2) is 13.4 Å². The second kappa shape index (κ2) is 8.50. The van der Waals surface area contributed by atoms with E-state index in [2.05, 4.69) is 24.4 Å². The van der Waals surface area contributed by atoms with Gasteiger partial charge in [-0.25, -0.2) is 0 Å². The van der Waals surface area contributed by atoms with Crippen LogP contribution in [0.4, 0.5) is 0 Å². The maximum atomic E-state index is 5.32. The van der Waals surface area contributed by atoms with Crippen molar-refractivity contribution in [3.63, 3.8) is 0 Å². The molecule has 0 aliphatic heterocycles. The highest BCUT2D eigenvalue weighted by molar-refractivity contribution is 7.09. The third-order valence-electron chi connectivity index (χ3n) is 1.87. The molecule has 0 aromatic carbocycles. The summed E-state index contributed by atoms with van der Waals surface area (Å²) >= 11 is 1.76. The summed E-state index contributed by atoms with van der Waals surface area (Å²) in [5.41, 5.74) is 0. The molecular weight excluding hydrogens is 208 g/mol. The number of thiophene rings is 1. The second-order valence-corrected chi connectivity index (χ2v) is 4.21. The van der Waals surface area contributed by atoms with Gasteiger partial charge in [0.25, 0.3) is 0 Å². The highest BCUT2D eigenvalue weighted by atomic mass is 32.1. The van der Waals surface area contributed by atoms with E-state index < -0.39 is 0 Å². The molecule has 0 unspecified atom stereocenters. The predicted octanol–water partition coefficient (Wildman–Crippen LogP) is 3.60. The van der Waals surface area contributed by atoms with Crippen molar-refractivity contribution >= 4 is 11.3 Å². The highest BCUT2D eigenvalue weighted by Gasteiger charge is 1.92. The zero-order chi connectivity index (χ0) is 10.8. The number of rotatable bonds is 8. The lowest BCUT2D eigenvalue weighted by atomic mass is 10.3. The number of allylic oxidation sites excluding steroid dienone is 1. The Morgan fingerprint density at radius 1 is 1.47 bits per heavy atom. The molecule has 0 radical (unpaired) electrons. The molecule has 1 rings (SSSR count). The molecule has 1 heterocycles. The average Bonchev–Trinajstić information content (AvgIpc) is 2.75. The Labute approximate surface area is 95.5 Å². The SMILES string of the molecule is CCC/C=C/OCOCCc1cccs1. The van der Waals surface area contributed by atoms with Gasteiger partial charge < -0.3 is 9.47 Å². The van der Waals surface area contributed by atoms with Gasteiger partial charge in [-0.15, -0.1) is 11.3 Å². The van der Waals surface area contributed by atoms with Crippen LogP contribution in [0.2, 0.25) is 0 Å². The summed E-state index contributed by atoms with van der Waals surface area (Å²) < 4.78 is 10.5. The van der Waals surface area contributed by atoms with Crippen LogP contribution in [0, 0.1) is 0 Å². The van der Waals surface area contributed by atoms with Crippen LogP contribution < -0.4 is 0 Å². The Kier molecular flexibility index (Phi) is 6.96. The van der Waals surface area contributed by atoms with Crippen LogP contribution >= 0.6 is 11.3 Å². The van der Waals surface area contributed by atoms with Gasteiger partial charge >= 0.3 is 0 Å². The molecular formula is C12H18O2S. The molecule has 0 N–H and O–H groups in total. The number of unbranched alkanes of at least 4 members (excludes halogenated alkanes) is 1. The van der Waals surface area contributed by atoms with Crippen molar-refractivity contribution in [3.05, 3.63) is 34.7 Å². The second-order valence-electron chi connectivity index (χ2n) is 3.18. The first-order valence-corrected chi connectivity index (χ1v) is 6.18. The van der Waals surface area contributed by atoms with Crippen molar-refractivity contribution in [2.24, 2.45) is 0 Å². The average molecular weight is 226 g/mol. The largest absolute Gasteiger partial charge is 0.475 e. The van der Waals surface area contributed by atoms with Crippen LogP contribution in [0.1, 0.15) is 24.6 Å². The van der Waals surface area contributed by atoms with Gasteiger partial charge in [-0.2, -0.15) is 0 Å². The molecule has 3 heteroatoms. The van der Waals surface area contributed by atoms with Crippen LogP contribution in [0.15, 0.2) is 29.9 Å². The molecule has 84 valence electrons. The van der Waals surface area contributed by atoms with Gasteiger partial charge in [0.05, 0.1) is 12.9 Å². The quantitative estimate of drug-likeness (QED) is 0.383. The Morgan fingerprint density at radius 2 is 2.40 bits per heavy atom. The summed E-state index contributed by atoms with van der Waals surface area (Å²) in [7, 11) is 0. The fourth-order valence-electron chi connectivity index (χ4n) is 1.08. The van der Waals surface area contributed by atoms with Crippen LogP contribution in [-0.2, 0) is 15.9 Å². The van der Waals surface area contributed by atoms with E-state index in [0.29, 0.717) is 6.79 Å². The fraction of sp³-hybridized carbons (Fsp3) is 0.500. The summed E-state index contributed by atoms with van der Waals surface area (Å²) in [6, 6.07) is 4.18. The van der Waals surface area contributed by atoms with Crippen molar-refractivity contribution in [3.8, 4) is 0 Å². The lowest BCUT2D eigenvalue weighted by Crippen LogP contribution is -1.99. The standard InChI is InChI=1S/C12H18O2S/c1-2-3-4-8-13-11-14-9-7-12-6-5-10-15-12/h4-6,8,10H,2-3,7,9,11H2,1H3/b8-4+. The summed E-state index contributed by atoms with van der Waals surface area (Å²) in [6.45, 7) is 3.22. The smallest absolute Gasteiger partial charge is 0.188 e. The van der Waals surface area contributed by atoms with Crippen LogP contribution in [0.5, 0.6) is 0 Å². The molecule has 0 fully saturated rings. The number of hydrogen-bond acceptors (Lipinski definition) is 3. The predicted molar refractivity (Wildman–Crippen MR) is 64.0 cm³/mol. The lowest BCUT2D eigenvalue weighted by Gasteiger charge is -2.02. The molecule has 1 aromatic heterocycles. The van der Waals surface area contributed by atoms with Gasteiger partial charge in [0.2, 0.25) is 0 Å². The monoisotopic (exact) mass is 226 g/mol. The molecule has 0 aliphatic rings. The van der Waals surface area contributed by atoms with Crippen molar-refractivity contribution in [2.75, 3.05) is 13.4 Å². The Bertz CT molecular complexity index is 255. The van der Waals surface area contributed by atoms with E-state index in [1.54, 1.807) is 17.6 Å². The minimum atomic E-state index is 0.353. The third kappa shape index (κ3) is 6.31. The van der Waals surface area contributed by atoms with Crippen molar-refractivity contribution in [2.45, 2.75) is 26.2 Å². The van der Waals surface area contributed by atoms with Gasteiger partial charge in [-0.1, -0.05) is 19.4 Å². The van der Waals surface area contributed by atoms with Gasteiger partial charge in [-0.3, -0.25) is 0 Å². The fourth-order valence-corrected chi connectivity index (χ4v) is 1.77. The van der Waals surface area contributed by atoms with Crippen molar-refractivity contribution < 1.29 is 9.47 Å². The Hall–Kier alpha value is -0.800. The minimum absolute atomic E-state index is 0.353. The van der Waals surface area contributed by atoms with Gasteiger partial charge in [0.1, 0.15) is 0 Å². The molecule has 0 aliphatic carbocycles. The number of hydrogen-bond donors (Lipinski definition) is 0. The Balaban J connectivity index is 1.89. The molecule has 15 heavy (non-hydrogen) atoms. The molecule has 0 bridgehead atoms. The molecule has 0 saturated heterocycles. The van der Waals surface area contributed by atoms with E-state index in [4.69, 9.17) is 9.47 Å². The summed E-state index contributed by atoms with van der Waals surface area (Å²) in [4.78, 5) is 1.36. The van der Waals surface area contributed by atoms with E-state index in [1.165, 1.54) is 4.88 Å². The van der Waals surface area contributed by atoms with Crippen molar-refractivity contribution in [1.29, 1.82) is 0 Å². The summed E-state index contributed by atoms with van der Waals surface area (Å²) in [5, 5.41) is 2.08. The van der Waals surface area contributed by atoms with Crippen LogP contribution in [0.3, 0.4) is 0 Å². The highest BCUT2D eigenvalue weighted by Crippen LogP contribution is 2.08. The lowest BCUT2D eigenvalue weighted by molar-refractivity contribution is -0.00984. The van der Waals surface area contributed by atoms with E-state index in [-0.39, 0.29) is 0 Å². The first kappa shape index (κ1) is 12.3. The minimum Gasteiger partial charge on any atom is -0.475 e. The summed E-state index contributed by atoms with van der Waals surface area (Å²) in [5.74, 6) is 0. The van der Waals surface area contributed by atoms with E-state index in [1.807, 2.05) is 6.08 Å². The molecule has 0 amide bonds. The van der Waals surface area contributed by atoms with Gasteiger partial charge in [-0.05, 0) is 23.9 Å². The van der Waals surface area contributed by atoms with Crippen molar-refractivity contribution in [1.82, 2.24) is 0 Å². The van der Waals surface area contributed by atoms with E-state index in [0.717, 1.165) is 25.9 Å². The van der Waals surface area contributed by atoms with E-state index >= 15 is 0 Å². The molecule has 1 aromatic rings. The Morgan fingerprint density at radius 3 is 3.13 bits per heavy atom. The van der Waals surface area contributed by atoms with Gasteiger partial charge in [0, 0.05) is 11.3 Å². The first-order valence-electron chi connectivity index (χ1n) is 5.30. The molecule has 2 nitrogen and oxygen atoms in total. The zero-order valence-electron chi connectivity index (χ0n) is 9.15. The topological polar surface area (TPSA) is 18.5 Å². The first-order chi connectivity index (χ1) is 7.43. The maximum absolute atomic E-state index is 5.32. The molecule has 0 saturated carbocycles. The van der Waals surface area contributed by atoms with E-state index in [9.17, 15) is 0 Å². The zero-order valence-corrected chi connectivity index (χ0v) is 9.96. The molecule has 0 atom stereocenters. The van der Waals surface area contributed by atoms with Gasteiger partial charge in [0.15, 0.2) is 6.79 Å². The number of ether oxygens (including phenoxy) is 2. The van der Waals surface area contributed by atoms with Crippen LogP contribution in [0.25, 0.3) is 0 Å². The molecule has 0 spiro atoms. The summed E-state index contributed by atoms with van der Waals surface area (Å²) in [6.07, 6.45) is 6.92.